The van der Waals surface area contributed by atoms with Gasteiger partial charge in [0.05, 0.1) is 6.61 Å². The number of urea groups is 1. The second-order valence-electron chi connectivity index (χ2n) is 5.61. The van der Waals surface area contributed by atoms with E-state index in [4.69, 9.17) is 4.84 Å². The molecule has 0 unspecified atom stereocenters. The molecule has 0 aliphatic carbocycles. The largest absolute Gasteiger partial charge is 0.338 e. The fourth-order valence-electron chi connectivity index (χ4n) is 2.26. The van der Waals surface area contributed by atoms with Crippen LogP contribution in [-0.4, -0.2) is 12.6 Å². The van der Waals surface area contributed by atoms with Gasteiger partial charge in [-0.15, -0.1) is 0 Å². The summed E-state index contributed by atoms with van der Waals surface area (Å²) < 4.78 is 0. The molecule has 0 spiro atoms. The maximum absolute atomic E-state index is 11.5. The van der Waals surface area contributed by atoms with Crippen molar-refractivity contribution in [1.29, 1.82) is 0 Å². The van der Waals surface area contributed by atoms with Gasteiger partial charge in [0.1, 0.15) is 0 Å². The van der Waals surface area contributed by atoms with Crippen LogP contribution in [0.1, 0.15) is 63.9 Å². The van der Waals surface area contributed by atoms with E-state index in [1.54, 1.807) is 0 Å². The number of carbonyl (C=O) groups excluding carboxylic acids is 1. The first-order chi connectivity index (χ1) is 10.8. The predicted molar refractivity (Wildman–Crippen MR) is 90.4 cm³/mol. The highest BCUT2D eigenvalue weighted by atomic mass is 16.7. The molecule has 0 radical (unpaired) electrons. The van der Waals surface area contributed by atoms with Gasteiger partial charge in [-0.05, 0) is 12.0 Å². The van der Waals surface area contributed by atoms with E-state index in [-0.39, 0.29) is 6.03 Å². The molecule has 4 heteroatoms. The topological polar surface area (TPSA) is 50.4 Å². The van der Waals surface area contributed by atoms with Crippen LogP contribution >= 0.6 is 0 Å². The number of hydroxylamine groups is 1. The summed E-state index contributed by atoms with van der Waals surface area (Å²) in [5.41, 5.74) is 3.44. The van der Waals surface area contributed by atoms with Crippen molar-refractivity contribution >= 4 is 6.03 Å². The van der Waals surface area contributed by atoms with E-state index in [2.05, 4.69) is 17.7 Å². The Labute approximate surface area is 134 Å². The molecule has 1 aromatic carbocycles. The maximum atomic E-state index is 11.5. The molecule has 0 saturated carbocycles. The fourth-order valence-corrected chi connectivity index (χ4v) is 2.26. The van der Waals surface area contributed by atoms with Crippen molar-refractivity contribution in [2.45, 2.75) is 64.9 Å². The summed E-state index contributed by atoms with van der Waals surface area (Å²) in [6.45, 7) is 3.32. The lowest BCUT2D eigenvalue weighted by molar-refractivity contribution is 0.0491. The third-order valence-corrected chi connectivity index (χ3v) is 3.56. The van der Waals surface area contributed by atoms with Crippen LogP contribution in [0.2, 0.25) is 0 Å². The normalized spacial score (nSPS) is 10.4. The molecule has 2 amide bonds. The van der Waals surface area contributed by atoms with Crippen molar-refractivity contribution in [1.82, 2.24) is 10.8 Å². The van der Waals surface area contributed by atoms with Crippen molar-refractivity contribution in [3.63, 3.8) is 0 Å². The number of benzene rings is 1. The molecule has 0 aliphatic heterocycles. The molecule has 1 aromatic rings. The molecule has 0 fully saturated rings. The van der Waals surface area contributed by atoms with Crippen LogP contribution in [0.3, 0.4) is 0 Å². The highest BCUT2D eigenvalue weighted by Gasteiger charge is 1.99. The molecule has 2 N–H and O–H groups in total. The molecule has 0 atom stereocenters. The van der Waals surface area contributed by atoms with Crippen molar-refractivity contribution in [3.8, 4) is 0 Å². The number of hydrogen-bond acceptors (Lipinski definition) is 2. The van der Waals surface area contributed by atoms with Crippen LogP contribution in [0, 0.1) is 0 Å². The van der Waals surface area contributed by atoms with Gasteiger partial charge >= 0.3 is 6.03 Å². The molecular formula is C18H30N2O2. The van der Waals surface area contributed by atoms with E-state index >= 15 is 0 Å². The van der Waals surface area contributed by atoms with Crippen molar-refractivity contribution in [2.75, 3.05) is 6.54 Å². The van der Waals surface area contributed by atoms with Gasteiger partial charge < -0.3 is 5.32 Å². The van der Waals surface area contributed by atoms with Crippen LogP contribution in [0.25, 0.3) is 0 Å². The zero-order valence-electron chi connectivity index (χ0n) is 13.8. The molecule has 0 aromatic heterocycles. The summed E-state index contributed by atoms with van der Waals surface area (Å²) in [6.07, 6.45) is 10.1. The van der Waals surface area contributed by atoms with Gasteiger partial charge in [-0.25, -0.2) is 10.3 Å². The fraction of sp³-hybridized carbons (Fsp3) is 0.611. The van der Waals surface area contributed by atoms with E-state index < -0.39 is 0 Å². The van der Waals surface area contributed by atoms with Crippen LogP contribution in [0.4, 0.5) is 4.79 Å². The third-order valence-electron chi connectivity index (χ3n) is 3.56. The molecule has 4 nitrogen and oxygen atoms in total. The molecule has 22 heavy (non-hydrogen) atoms. The zero-order valence-corrected chi connectivity index (χ0v) is 13.8. The van der Waals surface area contributed by atoms with Crippen LogP contribution < -0.4 is 10.8 Å². The third kappa shape index (κ3) is 10.2. The molecule has 1 rings (SSSR count). The maximum Gasteiger partial charge on any atom is 0.338 e. The lowest BCUT2D eigenvalue weighted by Crippen LogP contribution is -2.35. The Morgan fingerprint density at radius 1 is 0.955 bits per heavy atom. The summed E-state index contributed by atoms with van der Waals surface area (Å²) in [6, 6.07) is 9.49. The van der Waals surface area contributed by atoms with Crippen molar-refractivity contribution in [3.05, 3.63) is 35.9 Å². The van der Waals surface area contributed by atoms with Crippen LogP contribution in [0.5, 0.6) is 0 Å². The minimum Gasteiger partial charge on any atom is -0.336 e. The average molecular weight is 306 g/mol. The van der Waals surface area contributed by atoms with E-state index in [0.29, 0.717) is 13.2 Å². The van der Waals surface area contributed by atoms with Crippen LogP contribution in [-0.2, 0) is 11.4 Å². The standard InChI is InChI=1S/C18H30N2O2/c1-2-3-4-5-6-7-8-12-15-19-18(21)20-22-16-17-13-10-9-11-14-17/h9-11,13-14H,2-8,12,15-16H2,1H3,(H2,19,20,21). The smallest absolute Gasteiger partial charge is 0.336 e. The Hall–Kier alpha value is -1.55. The van der Waals surface area contributed by atoms with E-state index in [1.807, 2.05) is 30.3 Å². The number of nitrogens with one attached hydrogen (secondary N) is 2. The van der Waals surface area contributed by atoms with Gasteiger partial charge in [0.2, 0.25) is 0 Å². The number of carbonyl (C=O) groups is 1. The highest BCUT2D eigenvalue weighted by molar-refractivity contribution is 5.72. The van der Waals surface area contributed by atoms with Gasteiger partial charge in [0, 0.05) is 6.54 Å². The summed E-state index contributed by atoms with van der Waals surface area (Å²) in [7, 11) is 0. The first kappa shape index (κ1) is 18.5. The van der Waals surface area contributed by atoms with E-state index in [0.717, 1.165) is 12.0 Å². The Bertz CT molecular complexity index is 382. The molecular weight excluding hydrogens is 276 g/mol. The first-order valence-corrected chi connectivity index (χ1v) is 8.52. The average Bonchev–Trinajstić information content (AvgIpc) is 2.54. The summed E-state index contributed by atoms with van der Waals surface area (Å²) >= 11 is 0. The molecule has 0 bridgehead atoms. The molecule has 0 saturated heterocycles. The lowest BCUT2D eigenvalue weighted by Gasteiger charge is -2.08. The Morgan fingerprint density at radius 3 is 2.27 bits per heavy atom. The zero-order chi connectivity index (χ0) is 15.9. The summed E-state index contributed by atoms with van der Waals surface area (Å²) in [5, 5.41) is 2.81. The van der Waals surface area contributed by atoms with E-state index in [9.17, 15) is 4.79 Å². The molecule has 0 aliphatic rings. The Kier molecular flexibility index (Phi) is 11.0. The minimum atomic E-state index is -0.265. The van der Waals surface area contributed by atoms with E-state index in [1.165, 1.54) is 44.9 Å². The summed E-state index contributed by atoms with van der Waals surface area (Å²) in [4.78, 5) is 16.6. The van der Waals surface area contributed by atoms with Gasteiger partial charge in [-0.2, -0.15) is 0 Å². The second kappa shape index (κ2) is 13.1. The SMILES string of the molecule is CCCCCCCCCCNC(=O)NOCc1ccccc1. The minimum absolute atomic E-state index is 0.265. The lowest BCUT2D eigenvalue weighted by atomic mass is 10.1. The van der Waals surface area contributed by atoms with Crippen molar-refractivity contribution < 1.29 is 9.63 Å². The van der Waals surface area contributed by atoms with Gasteiger partial charge in [-0.3, -0.25) is 4.84 Å². The van der Waals surface area contributed by atoms with Gasteiger partial charge in [-0.1, -0.05) is 82.2 Å². The quantitative estimate of drug-likeness (QED) is 0.439. The highest BCUT2D eigenvalue weighted by Crippen LogP contribution is 2.07. The van der Waals surface area contributed by atoms with Gasteiger partial charge in [0.25, 0.3) is 0 Å². The Morgan fingerprint density at radius 2 is 1.59 bits per heavy atom. The number of hydrogen-bond donors (Lipinski definition) is 2. The Balaban J connectivity index is 1.87. The molecule has 0 heterocycles. The number of unbranched alkanes of at least 4 members (excludes halogenated alkanes) is 7. The number of amides is 2. The number of rotatable bonds is 12. The van der Waals surface area contributed by atoms with Crippen molar-refractivity contribution in [2.24, 2.45) is 0 Å². The first-order valence-electron chi connectivity index (χ1n) is 8.52. The second-order valence-corrected chi connectivity index (χ2v) is 5.61. The summed E-state index contributed by atoms with van der Waals surface area (Å²) in [5.74, 6) is 0. The monoisotopic (exact) mass is 306 g/mol. The molecule has 124 valence electrons. The van der Waals surface area contributed by atoms with Gasteiger partial charge in [0.15, 0.2) is 0 Å². The predicted octanol–water partition coefficient (Wildman–Crippen LogP) is 4.56. The van der Waals surface area contributed by atoms with Crippen LogP contribution in [0.15, 0.2) is 30.3 Å².